The van der Waals surface area contributed by atoms with Gasteiger partial charge < -0.3 is 14.2 Å². The summed E-state index contributed by atoms with van der Waals surface area (Å²) in [5.41, 5.74) is 0. The molecule has 0 N–H and O–H groups in total. The average Bonchev–Trinajstić information content (AvgIpc) is 3.28. The molecule has 6 nitrogen and oxygen atoms in total. The van der Waals surface area contributed by atoms with E-state index in [9.17, 15) is 14.4 Å². The van der Waals surface area contributed by atoms with E-state index in [0.29, 0.717) is 19.3 Å². The van der Waals surface area contributed by atoms with Crippen LogP contribution in [0, 0.1) is 0 Å². The molecule has 0 saturated heterocycles. The monoisotopic (exact) mass is 883 g/mol. The fourth-order valence-corrected chi connectivity index (χ4v) is 7.79. The third kappa shape index (κ3) is 50.2. The summed E-state index contributed by atoms with van der Waals surface area (Å²) >= 11 is 0. The number of carbonyl (C=O) groups excluding carboxylic acids is 3. The standard InChI is InChI=1S/C57H102O6/c1-4-7-10-13-16-18-20-22-24-25-26-27-28-29-30-31-33-34-36-38-41-44-47-50-56(59)62-53-54(52-61-55(58)49-46-43-40-15-12-9-6-3)63-57(60)51-48-45-42-39-37-35-32-23-21-19-17-14-11-8-5-2/h7,10,16,18,22,24,26-27,54H,4-6,8-9,11-15,17,19-21,23,25,28-53H2,1-3H3/b10-7-,18-16-,24-22-,27-26-. The van der Waals surface area contributed by atoms with Gasteiger partial charge in [-0.3, -0.25) is 14.4 Å². The summed E-state index contributed by atoms with van der Waals surface area (Å²) in [6, 6.07) is 0. The molecule has 0 saturated carbocycles. The lowest BCUT2D eigenvalue weighted by molar-refractivity contribution is -0.167. The van der Waals surface area contributed by atoms with Crippen molar-refractivity contribution < 1.29 is 28.6 Å². The quantitative estimate of drug-likeness (QED) is 0.0262. The summed E-state index contributed by atoms with van der Waals surface area (Å²) in [6.07, 6.45) is 62.6. The molecular formula is C57H102O6. The first-order chi connectivity index (χ1) is 31.0. The van der Waals surface area contributed by atoms with E-state index < -0.39 is 6.10 Å². The highest BCUT2D eigenvalue weighted by molar-refractivity contribution is 5.71. The number of hydrogen-bond donors (Lipinski definition) is 0. The Morgan fingerprint density at radius 3 is 0.968 bits per heavy atom. The zero-order chi connectivity index (χ0) is 45.8. The molecule has 0 aromatic rings. The van der Waals surface area contributed by atoms with Crippen LogP contribution in [0.3, 0.4) is 0 Å². The Labute approximate surface area is 390 Å². The summed E-state index contributed by atoms with van der Waals surface area (Å²) < 4.78 is 16.8. The van der Waals surface area contributed by atoms with Crippen LogP contribution in [0.1, 0.15) is 278 Å². The zero-order valence-electron chi connectivity index (χ0n) is 41.8. The predicted molar refractivity (Wildman–Crippen MR) is 270 cm³/mol. The Bertz CT molecular complexity index is 1110. The summed E-state index contributed by atoms with van der Waals surface area (Å²) in [7, 11) is 0. The first-order valence-corrected chi connectivity index (χ1v) is 27.1. The van der Waals surface area contributed by atoms with E-state index in [1.54, 1.807) is 0 Å². The van der Waals surface area contributed by atoms with Crippen LogP contribution in [0.2, 0.25) is 0 Å². The zero-order valence-corrected chi connectivity index (χ0v) is 41.8. The molecule has 0 amide bonds. The number of ether oxygens (including phenoxy) is 3. The van der Waals surface area contributed by atoms with Gasteiger partial charge in [-0.25, -0.2) is 0 Å². The van der Waals surface area contributed by atoms with E-state index in [1.165, 1.54) is 154 Å². The van der Waals surface area contributed by atoms with Gasteiger partial charge in [0.2, 0.25) is 0 Å². The average molecular weight is 883 g/mol. The number of unbranched alkanes of at least 4 members (excludes halogenated alkanes) is 30. The molecule has 0 fully saturated rings. The second-order valence-corrected chi connectivity index (χ2v) is 18.1. The Hall–Kier alpha value is -2.63. The van der Waals surface area contributed by atoms with Crippen LogP contribution in [0.15, 0.2) is 48.6 Å². The molecule has 1 unspecified atom stereocenters. The number of rotatable bonds is 49. The van der Waals surface area contributed by atoms with E-state index in [4.69, 9.17) is 14.2 Å². The van der Waals surface area contributed by atoms with Gasteiger partial charge in [-0.2, -0.15) is 0 Å². The highest BCUT2D eigenvalue weighted by Crippen LogP contribution is 2.16. The molecule has 63 heavy (non-hydrogen) atoms. The van der Waals surface area contributed by atoms with E-state index >= 15 is 0 Å². The normalized spacial score (nSPS) is 12.4. The number of esters is 3. The Morgan fingerprint density at radius 1 is 0.333 bits per heavy atom. The molecule has 1 atom stereocenters. The lowest BCUT2D eigenvalue weighted by atomic mass is 10.0. The van der Waals surface area contributed by atoms with E-state index in [2.05, 4.69) is 69.4 Å². The summed E-state index contributed by atoms with van der Waals surface area (Å²) in [4.78, 5) is 37.9. The molecule has 0 aliphatic carbocycles. The molecular weight excluding hydrogens is 781 g/mol. The molecule has 0 aliphatic rings. The van der Waals surface area contributed by atoms with Crippen molar-refractivity contribution in [1.82, 2.24) is 0 Å². The van der Waals surface area contributed by atoms with Gasteiger partial charge >= 0.3 is 17.9 Å². The van der Waals surface area contributed by atoms with Crippen LogP contribution in [0.25, 0.3) is 0 Å². The van der Waals surface area contributed by atoms with Crippen molar-refractivity contribution in [3.8, 4) is 0 Å². The van der Waals surface area contributed by atoms with Gasteiger partial charge in [-0.05, 0) is 57.8 Å². The second-order valence-electron chi connectivity index (χ2n) is 18.1. The molecule has 0 spiro atoms. The number of allylic oxidation sites excluding steroid dienone is 8. The number of carbonyl (C=O) groups is 3. The fourth-order valence-electron chi connectivity index (χ4n) is 7.79. The number of hydrogen-bond acceptors (Lipinski definition) is 6. The smallest absolute Gasteiger partial charge is 0.306 e. The van der Waals surface area contributed by atoms with Crippen LogP contribution in [0.4, 0.5) is 0 Å². The molecule has 0 radical (unpaired) electrons. The molecule has 0 aromatic heterocycles. The third-order valence-corrected chi connectivity index (χ3v) is 11.8. The molecule has 366 valence electrons. The molecule has 0 aromatic carbocycles. The van der Waals surface area contributed by atoms with Gasteiger partial charge in [0.25, 0.3) is 0 Å². The Balaban J connectivity index is 4.17. The van der Waals surface area contributed by atoms with Gasteiger partial charge in [-0.1, -0.05) is 249 Å². The first-order valence-electron chi connectivity index (χ1n) is 27.1. The minimum Gasteiger partial charge on any atom is -0.462 e. The van der Waals surface area contributed by atoms with Crippen LogP contribution < -0.4 is 0 Å². The maximum atomic E-state index is 12.8. The maximum Gasteiger partial charge on any atom is 0.306 e. The third-order valence-electron chi connectivity index (χ3n) is 11.8. The Kier molecular flexibility index (Phi) is 49.8. The lowest BCUT2D eigenvalue weighted by Gasteiger charge is -2.18. The first kappa shape index (κ1) is 60.4. The van der Waals surface area contributed by atoms with Crippen LogP contribution in [-0.2, 0) is 28.6 Å². The van der Waals surface area contributed by atoms with Crippen molar-refractivity contribution in [2.75, 3.05) is 13.2 Å². The van der Waals surface area contributed by atoms with Gasteiger partial charge in [-0.15, -0.1) is 0 Å². The van der Waals surface area contributed by atoms with Gasteiger partial charge in [0.15, 0.2) is 6.10 Å². The summed E-state index contributed by atoms with van der Waals surface area (Å²) in [5, 5.41) is 0. The van der Waals surface area contributed by atoms with Crippen LogP contribution in [0.5, 0.6) is 0 Å². The van der Waals surface area contributed by atoms with Crippen molar-refractivity contribution in [3.63, 3.8) is 0 Å². The van der Waals surface area contributed by atoms with Gasteiger partial charge in [0.05, 0.1) is 0 Å². The topological polar surface area (TPSA) is 78.9 Å². The van der Waals surface area contributed by atoms with E-state index in [0.717, 1.165) is 83.5 Å². The molecule has 0 heterocycles. The van der Waals surface area contributed by atoms with Crippen molar-refractivity contribution in [2.45, 2.75) is 284 Å². The maximum absolute atomic E-state index is 12.8. The van der Waals surface area contributed by atoms with Crippen molar-refractivity contribution in [1.29, 1.82) is 0 Å². The molecule has 0 rings (SSSR count). The fraction of sp³-hybridized carbons (Fsp3) is 0.807. The Morgan fingerprint density at radius 2 is 0.619 bits per heavy atom. The summed E-state index contributed by atoms with van der Waals surface area (Å²) in [5.74, 6) is -0.870. The van der Waals surface area contributed by atoms with Crippen LogP contribution >= 0.6 is 0 Å². The minimum absolute atomic E-state index is 0.0709. The van der Waals surface area contributed by atoms with Crippen molar-refractivity contribution >= 4 is 17.9 Å². The second kappa shape index (κ2) is 52.0. The minimum atomic E-state index is -0.768. The highest BCUT2D eigenvalue weighted by atomic mass is 16.6. The van der Waals surface area contributed by atoms with Gasteiger partial charge in [0, 0.05) is 19.3 Å². The largest absolute Gasteiger partial charge is 0.462 e. The van der Waals surface area contributed by atoms with Crippen LogP contribution in [-0.4, -0.2) is 37.2 Å². The van der Waals surface area contributed by atoms with E-state index in [1.807, 2.05) is 0 Å². The molecule has 0 aliphatic heterocycles. The van der Waals surface area contributed by atoms with E-state index in [-0.39, 0.29) is 31.1 Å². The van der Waals surface area contributed by atoms with Crippen molar-refractivity contribution in [3.05, 3.63) is 48.6 Å². The molecule has 0 bridgehead atoms. The lowest BCUT2D eigenvalue weighted by Crippen LogP contribution is -2.30. The van der Waals surface area contributed by atoms with Gasteiger partial charge in [0.1, 0.15) is 13.2 Å². The highest BCUT2D eigenvalue weighted by Gasteiger charge is 2.19. The van der Waals surface area contributed by atoms with Crippen molar-refractivity contribution in [2.24, 2.45) is 0 Å². The molecule has 6 heteroatoms. The summed E-state index contributed by atoms with van der Waals surface area (Å²) in [6.45, 7) is 6.51. The predicted octanol–water partition coefficient (Wildman–Crippen LogP) is 17.9. The SMILES string of the molecule is CC/C=C\C/C=C\C/C=C\C/C=C\CCCCCCCCCCCCC(=O)OCC(COC(=O)CCCCCCCCC)OC(=O)CCCCCCCCCCCCCCCCC.